The second-order valence-corrected chi connectivity index (χ2v) is 9.22. The quantitative estimate of drug-likeness (QED) is 0.596. The molecule has 170 valence electrons. The fourth-order valence-electron chi connectivity index (χ4n) is 3.96. The van der Waals surface area contributed by atoms with E-state index in [1.54, 1.807) is 41.5 Å². The van der Waals surface area contributed by atoms with Crippen LogP contribution in [-0.4, -0.2) is 76.8 Å². The van der Waals surface area contributed by atoms with Crippen molar-refractivity contribution in [1.82, 2.24) is 19.7 Å². The summed E-state index contributed by atoms with van der Waals surface area (Å²) in [6.45, 7) is 8.26. The number of ether oxygens (including phenoxy) is 1. The molecule has 9 heteroatoms. The molecule has 2 aliphatic heterocycles. The number of hydrogen-bond acceptors (Lipinski definition) is 7. The summed E-state index contributed by atoms with van der Waals surface area (Å²) < 4.78 is 5.38. The largest absolute Gasteiger partial charge is 0.379 e. The van der Waals surface area contributed by atoms with Crippen LogP contribution in [0.3, 0.4) is 0 Å². The van der Waals surface area contributed by atoms with E-state index in [1.807, 2.05) is 19.2 Å². The zero-order valence-corrected chi connectivity index (χ0v) is 19.5. The summed E-state index contributed by atoms with van der Waals surface area (Å²) in [6, 6.07) is 4.57. The first-order valence-electron chi connectivity index (χ1n) is 10.9. The van der Waals surface area contributed by atoms with Crippen molar-refractivity contribution in [3.8, 4) is 0 Å². The highest BCUT2D eigenvalue weighted by molar-refractivity contribution is 7.09. The molecule has 3 heterocycles. The average Bonchev–Trinajstić information content (AvgIpc) is 3.34. The molecule has 1 fully saturated rings. The minimum atomic E-state index is -0.330. The number of nitrogens with zero attached hydrogens (tertiary/aromatic N) is 4. The van der Waals surface area contributed by atoms with Crippen LogP contribution in [0.4, 0.5) is 0 Å². The van der Waals surface area contributed by atoms with Crippen LogP contribution in [-0.2, 0) is 17.8 Å². The van der Waals surface area contributed by atoms with E-state index in [4.69, 9.17) is 4.74 Å². The van der Waals surface area contributed by atoms with Crippen LogP contribution < -0.4 is 0 Å². The number of fused-ring (bicyclic) bond motifs is 1. The van der Waals surface area contributed by atoms with Gasteiger partial charge in [-0.05, 0) is 31.5 Å². The van der Waals surface area contributed by atoms with Crippen LogP contribution in [0, 0.1) is 0 Å². The Balaban J connectivity index is 1.43. The second-order valence-electron chi connectivity index (χ2n) is 8.28. The van der Waals surface area contributed by atoms with Crippen LogP contribution in [0.2, 0.25) is 0 Å². The first-order valence-corrected chi connectivity index (χ1v) is 11.8. The van der Waals surface area contributed by atoms with E-state index in [2.05, 4.69) is 9.88 Å². The van der Waals surface area contributed by atoms with E-state index in [0.29, 0.717) is 29.7 Å². The van der Waals surface area contributed by atoms with Crippen LogP contribution in [0.5, 0.6) is 0 Å². The Labute approximate surface area is 191 Å². The lowest BCUT2D eigenvalue weighted by Crippen LogP contribution is -2.37. The Morgan fingerprint density at radius 3 is 2.66 bits per heavy atom. The van der Waals surface area contributed by atoms with Gasteiger partial charge in [-0.1, -0.05) is 6.92 Å². The molecule has 1 aromatic heterocycles. The second kappa shape index (κ2) is 9.48. The topological polar surface area (TPSA) is 83.1 Å². The van der Waals surface area contributed by atoms with E-state index in [9.17, 15) is 14.4 Å². The lowest BCUT2D eigenvalue weighted by atomic mass is 10.0. The number of carbonyl (C=O) groups excluding carboxylic acids is 3. The third-order valence-corrected chi connectivity index (χ3v) is 6.89. The van der Waals surface area contributed by atoms with Gasteiger partial charge in [0, 0.05) is 37.1 Å². The van der Waals surface area contributed by atoms with Crippen molar-refractivity contribution in [3.05, 3.63) is 51.0 Å². The minimum Gasteiger partial charge on any atom is -0.379 e. The zero-order chi connectivity index (χ0) is 22.8. The summed E-state index contributed by atoms with van der Waals surface area (Å²) in [5.74, 6) is -0.830. The predicted molar refractivity (Wildman–Crippen MR) is 121 cm³/mol. The number of rotatable bonds is 7. The van der Waals surface area contributed by atoms with Crippen LogP contribution in [0.15, 0.2) is 23.6 Å². The summed E-state index contributed by atoms with van der Waals surface area (Å²) in [5, 5.41) is 3.00. The Morgan fingerprint density at radius 1 is 1.22 bits per heavy atom. The molecule has 4 rings (SSSR count). The summed E-state index contributed by atoms with van der Waals surface area (Å²) in [7, 11) is 1.72. The van der Waals surface area contributed by atoms with Gasteiger partial charge in [-0.15, -0.1) is 11.3 Å². The van der Waals surface area contributed by atoms with Gasteiger partial charge in [-0.2, -0.15) is 0 Å². The van der Waals surface area contributed by atoms with Crippen molar-refractivity contribution < 1.29 is 19.1 Å². The van der Waals surface area contributed by atoms with Gasteiger partial charge in [-0.3, -0.25) is 24.2 Å². The number of thiazole rings is 1. The van der Waals surface area contributed by atoms with Crippen molar-refractivity contribution in [2.24, 2.45) is 0 Å². The first-order chi connectivity index (χ1) is 15.4. The smallest absolute Gasteiger partial charge is 0.261 e. The summed E-state index contributed by atoms with van der Waals surface area (Å²) in [6.07, 6.45) is 0.682. The maximum Gasteiger partial charge on any atom is 0.261 e. The number of benzene rings is 1. The van der Waals surface area contributed by atoms with Gasteiger partial charge in [0.05, 0.1) is 43.1 Å². The van der Waals surface area contributed by atoms with Crippen molar-refractivity contribution in [3.63, 3.8) is 0 Å². The Kier molecular flexibility index (Phi) is 6.68. The normalized spacial score (nSPS) is 17.5. The number of morpholine rings is 1. The maximum atomic E-state index is 13.0. The summed E-state index contributed by atoms with van der Waals surface area (Å²) in [4.78, 5) is 48.2. The third kappa shape index (κ3) is 4.46. The van der Waals surface area contributed by atoms with E-state index in [1.165, 1.54) is 4.90 Å². The van der Waals surface area contributed by atoms with Gasteiger partial charge in [0.1, 0.15) is 5.01 Å². The summed E-state index contributed by atoms with van der Waals surface area (Å²) >= 11 is 1.60. The molecular weight excluding hydrogens is 428 g/mol. The molecule has 1 atom stereocenters. The fourth-order valence-corrected chi connectivity index (χ4v) is 4.78. The third-order valence-electron chi connectivity index (χ3n) is 6.00. The highest BCUT2D eigenvalue weighted by atomic mass is 32.1. The zero-order valence-electron chi connectivity index (χ0n) is 18.7. The van der Waals surface area contributed by atoms with E-state index in [0.717, 1.165) is 43.5 Å². The average molecular weight is 457 g/mol. The minimum absolute atomic E-state index is 0.180. The molecular formula is C23H28N4O4S. The number of carbonyl (C=O) groups is 3. The van der Waals surface area contributed by atoms with Gasteiger partial charge in [0.25, 0.3) is 17.7 Å². The molecule has 2 aliphatic rings. The molecule has 0 N–H and O–H groups in total. The van der Waals surface area contributed by atoms with E-state index < -0.39 is 0 Å². The van der Waals surface area contributed by atoms with Gasteiger partial charge in [0.2, 0.25) is 0 Å². The Morgan fingerprint density at radius 2 is 1.94 bits per heavy atom. The molecule has 1 aromatic carbocycles. The van der Waals surface area contributed by atoms with Crippen LogP contribution in [0.1, 0.15) is 62.0 Å². The highest BCUT2D eigenvalue weighted by Crippen LogP contribution is 2.27. The molecule has 3 amide bonds. The lowest BCUT2D eigenvalue weighted by molar-refractivity contribution is 0.0341. The molecule has 0 radical (unpaired) electrons. The predicted octanol–water partition coefficient (Wildman–Crippen LogP) is 2.64. The standard InChI is InChI=1S/C23H28N4O4S/c1-4-15(2)27-22(29)18-6-5-16(11-19(18)23(27)30)21(28)25(3)12-17-14-32-20(24-17)13-26-7-9-31-10-8-26/h5-6,11,14-15H,4,7-10,12-13H2,1-3H3. The SMILES string of the molecule is CCC(C)N1C(=O)c2ccc(C(=O)N(C)Cc3csc(CN4CCOCC4)n3)cc2C1=O. The van der Waals surface area contributed by atoms with Gasteiger partial charge >= 0.3 is 0 Å². The Hall–Kier alpha value is -2.62. The summed E-state index contributed by atoms with van der Waals surface area (Å²) in [5.41, 5.74) is 1.89. The van der Waals surface area contributed by atoms with E-state index >= 15 is 0 Å². The molecule has 0 saturated carbocycles. The maximum absolute atomic E-state index is 13.0. The number of hydrogen-bond donors (Lipinski definition) is 0. The molecule has 2 aromatic rings. The monoisotopic (exact) mass is 456 g/mol. The molecule has 32 heavy (non-hydrogen) atoms. The molecule has 1 saturated heterocycles. The molecule has 0 bridgehead atoms. The molecule has 1 unspecified atom stereocenters. The number of aromatic nitrogens is 1. The van der Waals surface area contributed by atoms with Gasteiger partial charge in [-0.25, -0.2) is 4.98 Å². The van der Waals surface area contributed by atoms with Crippen molar-refractivity contribution in [2.45, 2.75) is 39.4 Å². The van der Waals surface area contributed by atoms with Gasteiger partial charge < -0.3 is 9.64 Å². The van der Waals surface area contributed by atoms with Gasteiger partial charge in [0.15, 0.2) is 0 Å². The number of amides is 3. The van der Waals surface area contributed by atoms with Crippen molar-refractivity contribution in [1.29, 1.82) is 0 Å². The van der Waals surface area contributed by atoms with E-state index in [-0.39, 0.29) is 23.8 Å². The van der Waals surface area contributed by atoms with Crippen LogP contribution in [0.25, 0.3) is 0 Å². The molecule has 0 spiro atoms. The van der Waals surface area contributed by atoms with Crippen LogP contribution >= 0.6 is 11.3 Å². The van der Waals surface area contributed by atoms with Crippen molar-refractivity contribution in [2.75, 3.05) is 33.4 Å². The highest BCUT2D eigenvalue weighted by Gasteiger charge is 2.38. The van der Waals surface area contributed by atoms with Crippen molar-refractivity contribution >= 4 is 29.1 Å². The first kappa shape index (κ1) is 22.6. The Bertz CT molecular complexity index is 1030. The fraction of sp³-hybridized carbons (Fsp3) is 0.478. The lowest BCUT2D eigenvalue weighted by Gasteiger charge is -2.25. The molecule has 0 aliphatic carbocycles. The molecule has 8 nitrogen and oxygen atoms in total. The number of imide groups is 1.